The monoisotopic (exact) mass is 336 g/mol. The van der Waals surface area contributed by atoms with Crippen LogP contribution in [0.1, 0.15) is 82.2 Å². The van der Waals surface area contributed by atoms with Gasteiger partial charge in [0, 0.05) is 0 Å². The first kappa shape index (κ1) is 19.8. The Hall–Kier alpha value is -1.56. The fourth-order valence-electron chi connectivity index (χ4n) is 3.61. The molecule has 0 aromatic heterocycles. The predicted molar refractivity (Wildman–Crippen MR) is 113 cm³/mol. The number of hydrogen-bond donors (Lipinski definition) is 0. The summed E-state index contributed by atoms with van der Waals surface area (Å²) < 4.78 is 0. The lowest BCUT2D eigenvalue weighted by Gasteiger charge is -2.35. The Labute approximate surface area is 155 Å². The van der Waals surface area contributed by atoms with Crippen LogP contribution in [-0.4, -0.2) is 0 Å². The molecule has 0 aliphatic heterocycles. The second-order valence-electron chi connectivity index (χ2n) is 9.01. The third-order valence-corrected chi connectivity index (χ3v) is 6.26. The highest BCUT2D eigenvalue weighted by molar-refractivity contribution is 5.73. The molecular weight excluding hydrogens is 300 g/mol. The van der Waals surface area contributed by atoms with Gasteiger partial charge in [-0.2, -0.15) is 0 Å². The average Bonchev–Trinajstić information content (AvgIpc) is 2.55. The summed E-state index contributed by atoms with van der Waals surface area (Å²) in [7, 11) is 0. The molecule has 0 unspecified atom stereocenters. The molecule has 2 aromatic rings. The fourth-order valence-corrected chi connectivity index (χ4v) is 3.61. The molecule has 0 amide bonds. The van der Waals surface area contributed by atoms with E-state index in [1.807, 2.05) is 0 Å². The van der Waals surface area contributed by atoms with E-state index in [0.29, 0.717) is 0 Å². The molecule has 2 rings (SSSR count). The van der Waals surface area contributed by atoms with Crippen LogP contribution in [0.2, 0.25) is 0 Å². The van der Waals surface area contributed by atoms with Gasteiger partial charge in [0.2, 0.25) is 0 Å². The molecule has 0 atom stereocenters. The molecule has 136 valence electrons. The molecule has 0 spiro atoms. The lowest BCUT2D eigenvalue weighted by Crippen LogP contribution is -2.26. The smallest absolute Gasteiger partial charge is 0.0103 e. The van der Waals surface area contributed by atoms with Crippen molar-refractivity contribution in [3.05, 3.63) is 58.1 Å². The van der Waals surface area contributed by atoms with E-state index in [2.05, 4.69) is 92.6 Å². The second kappa shape index (κ2) is 6.98. The van der Waals surface area contributed by atoms with Crippen molar-refractivity contribution in [1.82, 2.24) is 0 Å². The highest BCUT2D eigenvalue weighted by atomic mass is 14.3. The van der Waals surface area contributed by atoms with Crippen LogP contribution in [0.3, 0.4) is 0 Å². The molecule has 0 radical (unpaired) electrons. The number of rotatable bonds is 5. The van der Waals surface area contributed by atoms with Crippen LogP contribution < -0.4 is 0 Å². The SMILES string of the molecule is CCC(C)(C)c1cc(C)c(-c2ccc(C)cc2C)cc1C(C)(C)CC. The number of aryl methyl sites for hydroxylation is 3. The van der Waals surface area contributed by atoms with Gasteiger partial charge in [-0.05, 0) is 77.8 Å². The molecule has 0 heteroatoms. The minimum atomic E-state index is 0.183. The van der Waals surface area contributed by atoms with Crippen LogP contribution in [0, 0.1) is 20.8 Å². The summed E-state index contributed by atoms with van der Waals surface area (Å²) in [5, 5.41) is 0. The molecule has 0 saturated heterocycles. The molecule has 0 bridgehead atoms. The minimum Gasteiger partial charge on any atom is -0.0646 e. The second-order valence-corrected chi connectivity index (χ2v) is 9.01. The van der Waals surface area contributed by atoms with Gasteiger partial charge < -0.3 is 0 Å². The van der Waals surface area contributed by atoms with Crippen molar-refractivity contribution < 1.29 is 0 Å². The largest absolute Gasteiger partial charge is 0.0646 e. The van der Waals surface area contributed by atoms with E-state index in [-0.39, 0.29) is 10.8 Å². The average molecular weight is 337 g/mol. The van der Waals surface area contributed by atoms with Gasteiger partial charge in [0.25, 0.3) is 0 Å². The highest BCUT2D eigenvalue weighted by Crippen LogP contribution is 2.41. The standard InChI is InChI=1S/C25H36/c1-10-24(6,7)22-15-19(5)21(16-23(22)25(8,9)11-2)20-13-12-17(3)14-18(20)4/h12-16H,10-11H2,1-9H3. The Balaban J connectivity index is 2.79. The van der Waals surface area contributed by atoms with E-state index >= 15 is 0 Å². The molecule has 25 heavy (non-hydrogen) atoms. The lowest BCUT2D eigenvalue weighted by atomic mass is 9.70. The zero-order valence-corrected chi connectivity index (χ0v) is 17.8. The molecule has 0 aliphatic carbocycles. The van der Waals surface area contributed by atoms with Crippen molar-refractivity contribution in [2.45, 2.75) is 86.0 Å². The summed E-state index contributed by atoms with van der Waals surface area (Å²) in [5.41, 5.74) is 10.3. The molecule has 0 fully saturated rings. The first-order valence-electron chi connectivity index (χ1n) is 9.76. The number of benzene rings is 2. The van der Waals surface area contributed by atoms with Crippen LogP contribution in [0.5, 0.6) is 0 Å². The molecule has 2 aromatic carbocycles. The Kier molecular flexibility index (Phi) is 5.52. The fraction of sp³-hybridized carbons (Fsp3) is 0.520. The van der Waals surface area contributed by atoms with E-state index in [0.717, 1.165) is 12.8 Å². The Morgan fingerprint density at radius 1 is 0.640 bits per heavy atom. The Morgan fingerprint density at radius 2 is 1.12 bits per heavy atom. The van der Waals surface area contributed by atoms with E-state index in [9.17, 15) is 0 Å². The summed E-state index contributed by atoms with van der Waals surface area (Å²) >= 11 is 0. The van der Waals surface area contributed by atoms with E-state index in [4.69, 9.17) is 0 Å². The van der Waals surface area contributed by atoms with Crippen molar-refractivity contribution in [1.29, 1.82) is 0 Å². The van der Waals surface area contributed by atoms with Crippen molar-refractivity contribution in [3.8, 4) is 11.1 Å². The van der Waals surface area contributed by atoms with Crippen molar-refractivity contribution in [3.63, 3.8) is 0 Å². The first-order valence-corrected chi connectivity index (χ1v) is 9.76. The molecule has 0 aliphatic rings. The minimum absolute atomic E-state index is 0.183. The van der Waals surface area contributed by atoms with Gasteiger partial charge in [-0.15, -0.1) is 0 Å². The van der Waals surface area contributed by atoms with Crippen molar-refractivity contribution in [2.75, 3.05) is 0 Å². The first-order chi connectivity index (χ1) is 11.5. The maximum Gasteiger partial charge on any atom is -0.0103 e. The van der Waals surface area contributed by atoms with Crippen LogP contribution in [0.25, 0.3) is 11.1 Å². The summed E-state index contributed by atoms with van der Waals surface area (Å²) in [6.45, 7) is 20.8. The van der Waals surface area contributed by atoms with Crippen LogP contribution in [-0.2, 0) is 10.8 Å². The van der Waals surface area contributed by atoms with E-state index in [1.54, 1.807) is 0 Å². The summed E-state index contributed by atoms with van der Waals surface area (Å²) in [4.78, 5) is 0. The molecule has 0 heterocycles. The van der Waals surface area contributed by atoms with Gasteiger partial charge in [-0.25, -0.2) is 0 Å². The third kappa shape index (κ3) is 3.84. The van der Waals surface area contributed by atoms with Gasteiger partial charge in [-0.3, -0.25) is 0 Å². The molecule has 0 nitrogen and oxygen atoms in total. The van der Waals surface area contributed by atoms with Gasteiger partial charge in [0.1, 0.15) is 0 Å². The van der Waals surface area contributed by atoms with Crippen molar-refractivity contribution >= 4 is 0 Å². The van der Waals surface area contributed by atoms with Crippen LogP contribution >= 0.6 is 0 Å². The van der Waals surface area contributed by atoms with Crippen molar-refractivity contribution in [2.24, 2.45) is 0 Å². The molecule has 0 N–H and O–H groups in total. The van der Waals surface area contributed by atoms with Gasteiger partial charge in [0.15, 0.2) is 0 Å². The van der Waals surface area contributed by atoms with Gasteiger partial charge in [-0.1, -0.05) is 77.4 Å². The normalized spacial score (nSPS) is 12.5. The third-order valence-electron chi connectivity index (χ3n) is 6.26. The van der Waals surface area contributed by atoms with E-state index in [1.165, 1.54) is 38.9 Å². The lowest BCUT2D eigenvalue weighted by molar-refractivity contribution is 0.455. The quantitative estimate of drug-likeness (QED) is 0.526. The van der Waals surface area contributed by atoms with Crippen LogP contribution in [0.15, 0.2) is 30.3 Å². The zero-order valence-electron chi connectivity index (χ0n) is 17.8. The number of hydrogen-bond acceptors (Lipinski definition) is 0. The van der Waals surface area contributed by atoms with E-state index < -0.39 is 0 Å². The highest BCUT2D eigenvalue weighted by Gasteiger charge is 2.30. The van der Waals surface area contributed by atoms with Gasteiger partial charge in [0.05, 0.1) is 0 Å². The maximum atomic E-state index is 2.49. The zero-order chi connectivity index (χ0) is 19.0. The topological polar surface area (TPSA) is 0 Å². The summed E-state index contributed by atoms with van der Waals surface area (Å²) in [6, 6.07) is 11.8. The van der Waals surface area contributed by atoms with Crippen LogP contribution in [0.4, 0.5) is 0 Å². The molecule has 0 saturated carbocycles. The predicted octanol–water partition coefficient (Wildman–Crippen LogP) is 7.65. The Morgan fingerprint density at radius 3 is 1.60 bits per heavy atom. The molecular formula is C25H36. The summed E-state index contributed by atoms with van der Waals surface area (Å²) in [5.74, 6) is 0. The Bertz CT molecular complexity index is 760. The maximum absolute atomic E-state index is 2.49. The summed E-state index contributed by atoms with van der Waals surface area (Å²) in [6.07, 6.45) is 2.30. The van der Waals surface area contributed by atoms with Gasteiger partial charge >= 0.3 is 0 Å².